The van der Waals surface area contributed by atoms with Gasteiger partial charge in [0.25, 0.3) is 0 Å². The Kier molecular flexibility index (Phi) is 6.31. The third-order valence-corrected chi connectivity index (χ3v) is 5.22. The van der Waals surface area contributed by atoms with E-state index in [2.05, 4.69) is 0 Å². The highest BCUT2D eigenvalue weighted by molar-refractivity contribution is 5.98. The van der Waals surface area contributed by atoms with Crippen LogP contribution >= 0.6 is 0 Å². The van der Waals surface area contributed by atoms with Gasteiger partial charge in [0, 0.05) is 18.8 Å². The van der Waals surface area contributed by atoms with Crippen molar-refractivity contribution in [1.82, 2.24) is 0 Å². The monoisotopic (exact) mass is 386 g/mol. The molecule has 1 fully saturated rings. The first kappa shape index (κ1) is 20.3. The van der Waals surface area contributed by atoms with Gasteiger partial charge in [0.1, 0.15) is 18.0 Å². The Labute approximate surface area is 164 Å². The zero-order chi connectivity index (χ0) is 20.3. The average molecular weight is 386 g/mol. The Morgan fingerprint density at radius 3 is 2.54 bits per heavy atom. The molecule has 0 aromatic heterocycles. The van der Waals surface area contributed by atoms with Crippen LogP contribution in [0.15, 0.2) is 59.9 Å². The maximum atomic E-state index is 12.9. The van der Waals surface area contributed by atoms with Crippen molar-refractivity contribution < 1.29 is 29.3 Å². The predicted molar refractivity (Wildman–Crippen MR) is 103 cm³/mol. The molecule has 2 aliphatic heterocycles. The molecule has 0 radical (unpaired) electrons. The van der Waals surface area contributed by atoms with E-state index in [0.717, 1.165) is 0 Å². The summed E-state index contributed by atoms with van der Waals surface area (Å²) in [6.07, 6.45) is 11.1. The maximum Gasteiger partial charge on any atom is 0.338 e. The van der Waals surface area contributed by atoms with Gasteiger partial charge in [-0.1, -0.05) is 30.4 Å². The molecule has 1 saturated heterocycles. The lowest BCUT2D eigenvalue weighted by Gasteiger charge is -2.34. The number of esters is 1. The molecule has 2 heterocycles. The van der Waals surface area contributed by atoms with Gasteiger partial charge >= 0.3 is 5.97 Å². The molecule has 0 aromatic rings. The van der Waals surface area contributed by atoms with Gasteiger partial charge < -0.3 is 19.7 Å². The van der Waals surface area contributed by atoms with E-state index in [1.165, 1.54) is 6.08 Å². The minimum Gasteiger partial charge on any atom is -0.485 e. The van der Waals surface area contributed by atoms with Crippen LogP contribution in [0.25, 0.3) is 0 Å². The lowest BCUT2D eigenvalue weighted by Crippen LogP contribution is -2.45. The number of ketones is 1. The second-order valence-electron chi connectivity index (χ2n) is 7.35. The number of cyclic esters (lactones) is 1. The molecule has 2 N–H and O–H groups in total. The molecule has 3 aliphatic rings. The van der Waals surface area contributed by atoms with E-state index in [0.29, 0.717) is 5.76 Å². The summed E-state index contributed by atoms with van der Waals surface area (Å²) in [5.74, 6) is -2.01. The lowest BCUT2D eigenvalue weighted by molar-refractivity contribution is -0.147. The Bertz CT molecular complexity index is 772. The Morgan fingerprint density at radius 2 is 1.79 bits per heavy atom. The minimum absolute atomic E-state index is 0.0416. The van der Waals surface area contributed by atoms with Gasteiger partial charge in [-0.25, -0.2) is 4.79 Å². The van der Waals surface area contributed by atoms with E-state index in [4.69, 9.17) is 9.47 Å². The summed E-state index contributed by atoms with van der Waals surface area (Å²) >= 11 is 0. The van der Waals surface area contributed by atoms with Crippen LogP contribution in [0.5, 0.6) is 0 Å². The van der Waals surface area contributed by atoms with Gasteiger partial charge in [0.05, 0.1) is 23.7 Å². The van der Waals surface area contributed by atoms with Gasteiger partial charge in [-0.05, 0) is 32.1 Å². The molecule has 1 aliphatic carbocycles. The van der Waals surface area contributed by atoms with Crippen LogP contribution in [0.2, 0.25) is 0 Å². The van der Waals surface area contributed by atoms with Crippen molar-refractivity contribution >= 4 is 11.8 Å². The smallest absolute Gasteiger partial charge is 0.338 e. The number of allylic oxidation sites excluding steroid dienone is 7. The third-order valence-electron chi connectivity index (χ3n) is 5.22. The summed E-state index contributed by atoms with van der Waals surface area (Å²) in [4.78, 5) is 25.4. The van der Waals surface area contributed by atoms with Gasteiger partial charge in [-0.15, -0.1) is 0 Å². The highest BCUT2D eigenvalue weighted by atomic mass is 16.5. The standard InChI is InChI=1S/C22H26O6/c1-3-4-5-6-7-8-17-21-20-18(28-17)10-9-15(24)19(20)16(25)12-14(23)11-13(2)27-22(21)26/h3-10,13-14,16,18-20,23,25H,11-12H2,1-2H3/b4-3+,6-5+,8-7+/t13?,14?,16?,18-,19-,20-/m0/s1. The fourth-order valence-corrected chi connectivity index (χ4v) is 4.01. The van der Waals surface area contributed by atoms with Crippen LogP contribution in [0.3, 0.4) is 0 Å². The quantitative estimate of drug-likeness (QED) is 0.570. The van der Waals surface area contributed by atoms with Crippen LogP contribution in [-0.4, -0.2) is 46.4 Å². The fourth-order valence-electron chi connectivity index (χ4n) is 4.01. The predicted octanol–water partition coefficient (Wildman–Crippen LogP) is 2.15. The number of ether oxygens (including phenoxy) is 2. The van der Waals surface area contributed by atoms with Crippen molar-refractivity contribution in [2.24, 2.45) is 11.8 Å². The molecule has 6 atom stereocenters. The summed E-state index contributed by atoms with van der Waals surface area (Å²) in [6, 6.07) is 0. The lowest BCUT2D eigenvalue weighted by atomic mass is 9.72. The maximum absolute atomic E-state index is 12.9. The third kappa shape index (κ3) is 4.18. The van der Waals surface area contributed by atoms with Crippen molar-refractivity contribution in [3.8, 4) is 0 Å². The van der Waals surface area contributed by atoms with E-state index < -0.39 is 42.2 Å². The molecule has 6 nitrogen and oxygen atoms in total. The summed E-state index contributed by atoms with van der Waals surface area (Å²) in [7, 11) is 0. The van der Waals surface area contributed by atoms with Crippen molar-refractivity contribution in [3.05, 3.63) is 59.9 Å². The first-order valence-corrected chi connectivity index (χ1v) is 9.58. The van der Waals surface area contributed by atoms with Gasteiger partial charge in [-0.2, -0.15) is 0 Å². The average Bonchev–Trinajstić information content (AvgIpc) is 2.98. The zero-order valence-corrected chi connectivity index (χ0v) is 16.0. The highest BCUT2D eigenvalue weighted by Gasteiger charge is 2.51. The molecule has 0 spiro atoms. The molecular weight excluding hydrogens is 360 g/mol. The highest BCUT2D eigenvalue weighted by Crippen LogP contribution is 2.43. The minimum atomic E-state index is -1.07. The van der Waals surface area contributed by atoms with Gasteiger partial charge in [0.2, 0.25) is 0 Å². The van der Waals surface area contributed by atoms with Crippen molar-refractivity contribution in [2.75, 3.05) is 0 Å². The fraction of sp³-hybridized carbons (Fsp3) is 0.455. The van der Waals surface area contributed by atoms with E-state index >= 15 is 0 Å². The van der Waals surface area contributed by atoms with Gasteiger partial charge in [0.15, 0.2) is 5.78 Å². The van der Waals surface area contributed by atoms with Crippen LogP contribution in [-0.2, 0) is 19.1 Å². The summed E-state index contributed by atoms with van der Waals surface area (Å²) < 4.78 is 11.4. The normalized spacial score (nSPS) is 36.3. The van der Waals surface area contributed by atoms with E-state index in [1.807, 2.05) is 25.2 Å². The molecule has 0 amide bonds. The number of carbonyl (C=O) groups excluding carboxylic acids is 2. The number of hydrogen-bond acceptors (Lipinski definition) is 6. The number of hydrogen-bond donors (Lipinski definition) is 2. The number of rotatable bonds is 3. The SMILES string of the molecule is C/C=C/C=C/C=C/C1=C2C(=O)OC(C)CC(O)CC(O)[C@@H]3C(=O)C=C[C@H](O1)[C@H]23. The van der Waals surface area contributed by atoms with Crippen molar-refractivity contribution in [1.29, 1.82) is 0 Å². The summed E-state index contributed by atoms with van der Waals surface area (Å²) in [5, 5.41) is 20.9. The summed E-state index contributed by atoms with van der Waals surface area (Å²) in [6.45, 7) is 3.61. The first-order chi connectivity index (χ1) is 13.4. The molecule has 3 unspecified atom stereocenters. The van der Waals surface area contributed by atoms with E-state index in [-0.39, 0.29) is 24.2 Å². The number of carbonyl (C=O) groups is 2. The van der Waals surface area contributed by atoms with Gasteiger partial charge in [-0.3, -0.25) is 4.79 Å². The molecule has 6 heteroatoms. The molecule has 150 valence electrons. The Hall–Kier alpha value is -2.44. The molecule has 28 heavy (non-hydrogen) atoms. The number of aliphatic hydroxyl groups is 2. The molecule has 0 bridgehead atoms. The molecule has 3 rings (SSSR count). The molecular formula is C22H26O6. The zero-order valence-electron chi connectivity index (χ0n) is 16.0. The van der Waals surface area contributed by atoms with Crippen molar-refractivity contribution in [3.63, 3.8) is 0 Å². The number of aliphatic hydroxyl groups excluding tert-OH is 2. The second kappa shape index (κ2) is 8.71. The van der Waals surface area contributed by atoms with E-state index in [9.17, 15) is 19.8 Å². The van der Waals surface area contributed by atoms with Crippen LogP contribution in [0.1, 0.15) is 26.7 Å². The summed E-state index contributed by atoms with van der Waals surface area (Å²) in [5.41, 5.74) is 0.269. The van der Waals surface area contributed by atoms with Crippen LogP contribution in [0.4, 0.5) is 0 Å². The van der Waals surface area contributed by atoms with Crippen LogP contribution < -0.4 is 0 Å². The Balaban J connectivity index is 2.02. The van der Waals surface area contributed by atoms with Crippen molar-refractivity contribution in [2.45, 2.75) is 51.1 Å². The van der Waals surface area contributed by atoms with E-state index in [1.54, 1.807) is 31.2 Å². The first-order valence-electron chi connectivity index (χ1n) is 9.58. The largest absolute Gasteiger partial charge is 0.485 e. The second-order valence-corrected chi connectivity index (χ2v) is 7.35. The Morgan fingerprint density at radius 1 is 1.04 bits per heavy atom. The van der Waals surface area contributed by atoms with Crippen LogP contribution in [0, 0.1) is 11.8 Å². The molecule has 0 saturated carbocycles. The molecule has 0 aromatic carbocycles. The topological polar surface area (TPSA) is 93.1 Å².